The Bertz CT molecular complexity index is 733. The van der Waals surface area contributed by atoms with Crippen LogP contribution in [-0.2, 0) is 11.2 Å². The summed E-state index contributed by atoms with van der Waals surface area (Å²) in [6, 6.07) is 8.46. The van der Waals surface area contributed by atoms with Crippen molar-refractivity contribution in [1.29, 1.82) is 0 Å². The van der Waals surface area contributed by atoms with E-state index in [4.69, 9.17) is 4.52 Å². The molecule has 134 valence electrons. The quantitative estimate of drug-likeness (QED) is 0.861. The van der Waals surface area contributed by atoms with Gasteiger partial charge in [-0.15, -0.1) is 0 Å². The van der Waals surface area contributed by atoms with Gasteiger partial charge >= 0.3 is 0 Å². The average molecular weight is 341 g/mol. The van der Waals surface area contributed by atoms with Gasteiger partial charge < -0.3 is 14.3 Å². The average Bonchev–Trinajstić information content (AvgIpc) is 3.05. The summed E-state index contributed by atoms with van der Waals surface area (Å²) in [4.78, 5) is 17.2. The summed E-state index contributed by atoms with van der Waals surface area (Å²) in [6.07, 6.45) is 6.59. The van der Waals surface area contributed by atoms with Crippen LogP contribution in [0.1, 0.15) is 37.8 Å². The van der Waals surface area contributed by atoms with Crippen molar-refractivity contribution in [3.05, 3.63) is 30.0 Å². The summed E-state index contributed by atoms with van der Waals surface area (Å²) in [5.74, 6) is 0.914. The third kappa shape index (κ3) is 3.43. The first kappa shape index (κ1) is 16.6. The molecule has 0 saturated carbocycles. The van der Waals surface area contributed by atoms with Gasteiger partial charge in [0.2, 0.25) is 5.91 Å². The second kappa shape index (κ2) is 7.16. The Balaban J connectivity index is 1.35. The fraction of sp³-hybridized carbons (Fsp3) is 0.600. The molecule has 0 N–H and O–H groups in total. The van der Waals surface area contributed by atoms with Crippen LogP contribution in [0.2, 0.25) is 0 Å². The number of fused-ring (bicyclic) bond motifs is 1. The van der Waals surface area contributed by atoms with E-state index in [1.165, 1.54) is 25.8 Å². The molecular formula is C20H27N3O2. The molecule has 1 aromatic heterocycles. The third-order valence-electron chi connectivity index (χ3n) is 6.03. The molecule has 0 bridgehead atoms. The molecule has 2 saturated heterocycles. The summed E-state index contributed by atoms with van der Waals surface area (Å²) < 4.78 is 5.32. The summed E-state index contributed by atoms with van der Waals surface area (Å²) in [5, 5.41) is 5.05. The fourth-order valence-electron chi connectivity index (χ4n) is 4.55. The van der Waals surface area contributed by atoms with Crippen LogP contribution in [0.3, 0.4) is 0 Å². The molecule has 3 heterocycles. The van der Waals surface area contributed by atoms with Crippen LogP contribution < -0.4 is 0 Å². The number of rotatable bonds is 3. The molecule has 2 aliphatic rings. The zero-order valence-corrected chi connectivity index (χ0v) is 15.0. The Hall–Kier alpha value is -1.88. The van der Waals surface area contributed by atoms with Gasteiger partial charge in [-0.25, -0.2) is 0 Å². The summed E-state index contributed by atoms with van der Waals surface area (Å²) in [7, 11) is 2.26. The number of amides is 1. The topological polar surface area (TPSA) is 49.6 Å². The zero-order chi connectivity index (χ0) is 17.2. The summed E-state index contributed by atoms with van der Waals surface area (Å²) in [5.41, 5.74) is 1.51. The monoisotopic (exact) mass is 341 g/mol. The predicted molar refractivity (Wildman–Crippen MR) is 97.3 cm³/mol. The molecular weight excluding hydrogens is 314 g/mol. The van der Waals surface area contributed by atoms with Crippen molar-refractivity contribution >= 4 is 16.9 Å². The Labute approximate surface area is 148 Å². The number of benzene rings is 1. The number of hydrogen-bond donors (Lipinski definition) is 0. The van der Waals surface area contributed by atoms with Crippen LogP contribution in [0, 0.1) is 5.92 Å². The van der Waals surface area contributed by atoms with E-state index in [2.05, 4.69) is 17.1 Å². The minimum absolute atomic E-state index is 0.175. The highest BCUT2D eigenvalue weighted by molar-refractivity contribution is 5.86. The van der Waals surface area contributed by atoms with Crippen molar-refractivity contribution in [2.45, 2.75) is 44.6 Å². The number of nitrogens with zero attached hydrogens (tertiary/aromatic N) is 3. The summed E-state index contributed by atoms with van der Waals surface area (Å²) in [6.45, 7) is 2.98. The lowest BCUT2D eigenvalue weighted by molar-refractivity contribution is -0.132. The van der Waals surface area contributed by atoms with Crippen LogP contribution in [0.4, 0.5) is 0 Å². The van der Waals surface area contributed by atoms with Gasteiger partial charge in [0.1, 0.15) is 5.69 Å². The van der Waals surface area contributed by atoms with Crippen LogP contribution in [0.5, 0.6) is 0 Å². The Morgan fingerprint density at radius 3 is 2.76 bits per heavy atom. The maximum atomic E-state index is 12.7. The van der Waals surface area contributed by atoms with Gasteiger partial charge in [0.05, 0.1) is 6.42 Å². The van der Waals surface area contributed by atoms with E-state index >= 15 is 0 Å². The lowest BCUT2D eigenvalue weighted by Gasteiger charge is -2.42. The Morgan fingerprint density at radius 1 is 1.16 bits per heavy atom. The second-order valence-electron chi connectivity index (χ2n) is 7.56. The number of piperidine rings is 2. The standard InChI is InChI=1S/C20H27N3O2/c1-22-11-5-4-7-18(22)15-9-12-23(13-10-15)20(24)14-17-16-6-2-3-8-19(16)25-21-17/h2-3,6,8,15,18H,4-5,7,9-14H2,1H3. The van der Waals surface area contributed by atoms with Gasteiger partial charge in [-0.3, -0.25) is 4.79 Å². The highest BCUT2D eigenvalue weighted by atomic mass is 16.5. The van der Waals surface area contributed by atoms with E-state index in [1.807, 2.05) is 29.2 Å². The van der Waals surface area contributed by atoms with E-state index in [1.54, 1.807) is 0 Å². The number of likely N-dealkylation sites (tertiary alicyclic amines) is 2. The lowest BCUT2D eigenvalue weighted by atomic mass is 9.84. The number of para-hydroxylation sites is 1. The van der Waals surface area contributed by atoms with Crippen molar-refractivity contribution in [3.8, 4) is 0 Å². The molecule has 0 aliphatic carbocycles. The first-order chi connectivity index (χ1) is 12.2. The smallest absolute Gasteiger partial charge is 0.228 e. The number of carbonyl (C=O) groups excluding carboxylic acids is 1. The van der Waals surface area contributed by atoms with Crippen molar-refractivity contribution in [3.63, 3.8) is 0 Å². The first-order valence-corrected chi connectivity index (χ1v) is 9.53. The van der Waals surface area contributed by atoms with Crippen molar-refractivity contribution < 1.29 is 9.32 Å². The van der Waals surface area contributed by atoms with Crippen LogP contribution in [-0.4, -0.2) is 53.6 Å². The number of carbonyl (C=O) groups is 1. The zero-order valence-electron chi connectivity index (χ0n) is 15.0. The fourth-order valence-corrected chi connectivity index (χ4v) is 4.55. The SMILES string of the molecule is CN1CCCCC1C1CCN(C(=O)Cc2noc3ccccc23)CC1. The number of aromatic nitrogens is 1. The third-order valence-corrected chi connectivity index (χ3v) is 6.03. The number of hydrogen-bond acceptors (Lipinski definition) is 4. The molecule has 2 aliphatic heterocycles. The largest absolute Gasteiger partial charge is 0.356 e. The highest BCUT2D eigenvalue weighted by Gasteiger charge is 2.32. The highest BCUT2D eigenvalue weighted by Crippen LogP contribution is 2.30. The van der Waals surface area contributed by atoms with Crippen LogP contribution >= 0.6 is 0 Å². The van der Waals surface area contributed by atoms with E-state index in [0.717, 1.165) is 48.5 Å². The van der Waals surface area contributed by atoms with E-state index < -0.39 is 0 Å². The van der Waals surface area contributed by atoms with Crippen LogP contribution in [0.15, 0.2) is 28.8 Å². The van der Waals surface area contributed by atoms with Crippen molar-refractivity contribution in [1.82, 2.24) is 15.0 Å². The maximum Gasteiger partial charge on any atom is 0.228 e. The summed E-state index contributed by atoms with van der Waals surface area (Å²) >= 11 is 0. The molecule has 4 rings (SSSR count). The molecule has 5 heteroatoms. The normalized spacial score (nSPS) is 23.2. The van der Waals surface area contributed by atoms with Gasteiger partial charge in [-0.1, -0.05) is 23.7 Å². The molecule has 1 aromatic carbocycles. The lowest BCUT2D eigenvalue weighted by Crippen LogP contribution is -2.47. The van der Waals surface area contributed by atoms with E-state index in [0.29, 0.717) is 12.5 Å². The van der Waals surface area contributed by atoms with E-state index in [9.17, 15) is 4.79 Å². The predicted octanol–water partition coefficient (Wildman–Crippen LogP) is 3.09. The molecule has 0 radical (unpaired) electrons. The van der Waals surface area contributed by atoms with Gasteiger partial charge in [-0.2, -0.15) is 0 Å². The van der Waals surface area contributed by atoms with Gasteiger partial charge in [0.15, 0.2) is 5.58 Å². The Morgan fingerprint density at radius 2 is 1.96 bits per heavy atom. The molecule has 5 nitrogen and oxygen atoms in total. The second-order valence-corrected chi connectivity index (χ2v) is 7.56. The van der Waals surface area contributed by atoms with Crippen molar-refractivity contribution in [2.75, 3.05) is 26.7 Å². The van der Waals surface area contributed by atoms with Gasteiger partial charge in [0.25, 0.3) is 0 Å². The molecule has 1 atom stereocenters. The minimum atomic E-state index is 0.175. The first-order valence-electron chi connectivity index (χ1n) is 9.53. The Kier molecular flexibility index (Phi) is 4.75. The van der Waals surface area contributed by atoms with Crippen molar-refractivity contribution in [2.24, 2.45) is 5.92 Å². The van der Waals surface area contributed by atoms with Gasteiger partial charge in [-0.05, 0) is 57.3 Å². The van der Waals surface area contributed by atoms with Crippen LogP contribution in [0.25, 0.3) is 11.0 Å². The molecule has 25 heavy (non-hydrogen) atoms. The molecule has 2 fully saturated rings. The molecule has 2 aromatic rings. The van der Waals surface area contributed by atoms with Gasteiger partial charge in [0, 0.05) is 24.5 Å². The molecule has 1 amide bonds. The van der Waals surface area contributed by atoms with E-state index in [-0.39, 0.29) is 5.91 Å². The maximum absolute atomic E-state index is 12.7. The molecule has 1 unspecified atom stereocenters. The minimum Gasteiger partial charge on any atom is -0.356 e. The molecule has 0 spiro atoms.